The average Bonchev–Trinajstić information content (AvgIpc) is 2.35. The van der Waals surface area contributed by atoms with E-state index in [1.807, 2.05) is 0 Å². The Morgan fingerprint density at radius 1 is 1.24 bits per heavy atom. The van der Waals surface area contributed by atoms with Gasteiger partial charge >= 0.3 is 0 Å². The van der Waals surface area contributed by atoms with Crippen LogP contribution < -0.4 is 11.1 Å². The van der Waals surface area contributed by atoms with Gasteiger partial charge in [0.15, 0.2) is 5.78 Å². The van der Waals surface area contributed by atoms with Crippen molar-refractivity contribution in [1.82, 2.24) is 9.78 Å². The minimum atomic E-state index is -0.357. The second-order valence-electron chi connectivity index (χ2n) is 3.77. The third-order valence-corrected chi connectivity index (χ3v) is 2.61. The lowest BCUT2D eigenvalue weighted by Gasteiger charge is -2.05. The molecule has 2 rings (SSSR count). The Bertz CT molecular complexity index is 682. The number of nitrogens with zero attached hydrogens (tertiary/aromatic N) is 1. The van der Waals surface area contributed by atoms with Crippen LogP contribution >= 0.6 is 0 Å². The first-order valence-corrected chi connectivity index (χ1v) is 5.37. The summed E-state index contributed by atoms with van der Waals surface area (Å²) < 4.78 is 1.07. The molecular weight excluding hydrogens is 220 g/mol. The van der Waals surface area contributed by atoms with Crippen molar-refractivity contribution in [3.63, 3.8) is 0 Å². The maximum atomic E-state index is 12.0. The molecular formula is C12H12N2O3. The molecule has 0 spiro atoms. The Morgan fingerprint density at radius 3 is 2.53 bits per heavy atom. The summed E-state index contributed by atoms with van der Waals surface area (Å²) in [6.45, 7) is 1.63. The van der Waals surface area contributed by atoms with E-state index in [-0.39, 0.29) is 23.4 Å². The van der Waals surface area contributed by atoms with Crippen LogP contribution in [0, 0.1) is 0 Å². The zero-order valence-corrected chi connectivity index (χ0v) is 9.40. The first kappa shape index (κ1) is 11.3. The lowest BCUT2D eigenvalue weighted by molar-refractivity contribution is -0.119. The van der Waals surface area contributed by atoms with Crippen LogP contribution in [0.2, 0.25) is 0 Å². The van der Waals surface area contributed by atoms with Crippen LogP contribution in [0.25, 0.3) is 10.8 Å². The topological polar surface area (TPSA) is 71.9 Å². The first-order chi connectivity index (χ1) is 8.13. The van der Waals surface area contributed by atoms with Crippen molar-refractivity contribution in [1.29, 1.82) is 0 Å². The second-order valence-corrected chi connectivity index (χ2v) is 3.77. The van der Waals surface area contributed by atoms with Crippen molar-refractivity contribution < 1.29 is 4.79 Å². The number of carbonyl (C=O) groups is 1. The van der Waals surface area contributed by atoms with Gasteiger partial charge < -0.3 is 0 Å². The predicted molar refractivity (Wildman–Crippen MR) is 64.1 cm³/mol. The highest BCUT2D eigenvalue weighted by molar-refractivity contribution is 5.81. The van der Waals surface area contributed by atoms with Crippen molar-refractivity contribution in [3.05, 3.63) is 45.0 Å². The molecule has 0 saturated carbocycles. The number of aromatic nitrogens is 2. The number of aromatic amines is 1. The number of nitrogens with one attached hydrogen (secondary N) is 1. The summed E-state index contributed by atoms with van der Waals surface area (Å²) in [5.74, 6) is -0.0990. The molecule has 1 aromatic heterocycles. The molecule has 1 N–H and O–H groups in total. The molecule has 0 aliphatic rings. The Kier molecular flexibility index (Phi) is 2.91. The van der Waals surface area contributed by atoms with Crippen molar-refractivity contribution in [3.8, 4) is 0 Å². The molecule has 0 fully saturated rings. The number of Topliss-reactive ketones (excluding diaryl/α,β-unsaturated/α-hetero) is 1. The number of H-pyrrole nitrogens is 1. The molecule has 1 aromatic carbocycles. The van der Waals surface area contributed by atoms with Gasteiger partial charge in [0.25, 0.3) is 11.1 Å². The number of hydrogen-bond donors (Lipinski definition) is 1. The van der Waals surface area contributed by atoms with Crippen LogP contribution in [0.15, 0.2) is 33.9 Å². The van der Waals surface area contributed by atoms with Gasteiger partial charge in [-0.3, -0.25) is 19.5 Å². The lowest BCUT2D eigenvalue weighted by Crippen LogP contribution is -2.32. The van der Waals surface area contributed by atoms with Crippen LogP contribution in [-0.2, 0) is 11.3 Å². The van der Waals surface area contributed by atoms with E-state index >= 15 is 0 Å². The van der Waals surface area contributed by atoms with Gasteiger partial charge in [0, 0.05) is 6.42 Å². The van der Waals surface area contributed by atoms with E-state index in [0.29, 0.717) is 17.2 Å². The van der Waals surface area contributed by atoms with E-state index < -0.39 is 0 Å². The maximum absolute atomic E-state index is 12.0. The first-order valence-electron chi connectivity index (χ1n) is 5.37. The van der Waals surface area contributed by atoms with Gasteiger partial charge in [-0.15, -0.1) is 0 Å². The molecule has 2 aromatic rings. The van der Waals surface area contributed by atoms with Gasteiger partial charge in [-0.2, -0.15) is 0 Å². The van der Waals surface area contributed by atoms with Crippen molar-refractivity contribution in [2.75, 3.05) is 0 Å². The fraction of sp³-hybridized carbons (Fsp3) is 0.250. The molecule has 5 heteroatoms. The monoisotopic (exact) mass is 232 g/mol. The molecule has 1 heterocycles. The third-order valence-electron chi connectivity index (χ3n) is 2.61. The summed E-state index contributed by atoms with van der Waals surface area (Å²) in [5.41, 5.74) is -0.703. The standard InChI is InChI=1S/C12H12N2O3/c1-2-8(15)7-14-12(17)10-6-4-3-5-9(10)11(16)13-14/h3-6H,2,7H2,1H3,(H,13,16). The smallest absolute Gasteiger partial charge is 0.273 e. The van der Waals surface area contributed by atoms with Gasteiger partial charge in [0.2, 0.25) is 0 Å². The average molecular weight is 232 g/mol. The maximum Gasteiger partial charge on any atom is 0.273 e. The Balaban J connectivity index is 2.68. The Hall–Kier alpha value is -2.17. The largest absolute Gasteiger partial charge is 0.298 e. The number of fused-ring (bicyclic) bond motifs is 1. The van der Waals surface area contributed by atoms with E-state index in [0.717, 1.165) is 4.68 Å². The Labute approximate surface area is 96.7 Å². The summed E-state index contributed by atoms with van der Waals surface area (Å²) in [6, 6.07) is 6.55. The summed E-state index contributed by atoms with van der Waals surface area (Å²) in [7, 11) is 0. The molecule has 5 nitrogen and oxygen atoms in total. The van der Waals surface area contributed by atoms with E-state index in [1.165, 1.54) is 0 Å². The normalized spacial score (nSPS) is 10.6. The van der Waals surface area contributed by atoms with Gasteiger partial charge in [-0.05, 0) is 12.1 Å². The van der Waals surface area contributed by atoms with E-state index in [1.54, 1.807) is 31.2 Å². The second kappa shape index (κ2) is 4.37. The van der Waals surface area contributed by atoms with Crippen LogP contribution in [0.3, 0.4) is 0 Å². The number of rotatable bonds is 3. The number of hydrogen-bond acceptors (Lipinski definition) is 3. The van der Waals surface area contributed by atoms with E-state index in [9.17, 15) is 14.4 Å². The molecule has 0 amide bonds. The summed E-state index contributed by atoms with van der Waals surface area (Å²) in [4.78, 5) is 35.0. The Morgan fingerprint density at radius 2 is 1.88 bits per heavy atom. The van der Waals surface area contributed by atoms with Crippen molar-refractivity contribution in [2.24, 2.45) is 0 Å². The molecule has 0 atom stereocenters. The number of benzene rings is 1. The zero-order chi connectivity index (χ0) is 12.4. The fourth-order valence-electron chi connectivity index (χ4n) is 1.65. The van der Waals surface area contributed by atoms with Crippen molar-refractivity contribution >= 4 is 16.6 Å². The number of ketones is 1. The fourth-order valence-corrected chi connectivity index (χ4v) is 1.65. The van der Waals surface area contributed by atoms with E-state index in [4.69, 9.17) is 0 Å². The quantitative estimate of drug-likeness (QED) is 0.845. The molecule has 17 heavy (non-hydrogen) atoms. The van der Waals surface area contributed by atoms with Gasteiger partial charge in [-0.1, -0.05) is 19.1 Å². The molecule has 0 aliphatic carbocycles. The highest BCUT2D eigenvalue weighted by Crippen LogP contribution is 2.02. The summed E-state index contributed by atoms with van der Waals surface area (Å²) in [5, 5.41) is 3.09. The lowest BCUT2D eigenvalue weighted by atomic mass is 10.2. The van der Waals surface area contributed by atoms with E-state index in [2.05, 4.69) is 5.10 Å². The number of carbonyl (C=O) groups excluding carboxylic acids is 1. The minimum absolute atomic E-state index is 0.0879. The SMILES string of the molecule is CCC(=O)Cn1[nH]c(=O)c2ccccc2c1=O. The van der Waals surface area contributed by atoms with Crippen LogP contribution in [0.1, 0.15) is 13.3 Å². The van der Waals surface area contributed by atoms with Gasteiger partial charge in [-0.25, -0.2) is 4.68 Å². The molecule has 0 bridgehead atoms. The molecule has 0 saturated heterocycles. The van der Waals surface area contributed by atoms with Crippen LogP contribution in [-0.4, -0.2) is 15.6 Å². The van der Waals surface area contributed by atoms with Crippen molar-refractivity contribution in [2.45, 2.75) is 19.9 Å². The highest BCUT2D eigenvalue weighted by atomic mass is 16.2. The molecule has 0 radical (unpaired) electrons. The minimum Gasteiger partial charge on any atom is -0.298 e. The zero-order valence-electron chi connectivity index (χ0n) is 9.40. The summed E-state index contributed by atoms with van der Waals surface area (Å²) in [6.07, 6.45) is 0.335. The van der Waals surface area contributed by atoms with Crippen LogP contribution in [0.5, 0.6) is 0 Å². The predicted octanol–water partition coefficient (Wildman–Crippen LogP) is 0.669. The summed E-state index contributed by atoms with van der Waals surface area (Å²) >= 11 is 0. The third kappa shape index (κ3) is 2.04. The highest BCUT2D eigenvalue weighted by Gasteiger charge is 2.08. The molecule has 88 valence electrons. The molecule has 0 unspecified atom stereocenters. The van der Waals surface area contributed by atoms with Gasteiger partial charge in [0.05, 0.1) is 10.8 Å². The van der Waals surface area contributed by atoms with Gasteiger partial charge in [0.1, 0.15) is 6.54 Å². The van der Waals surface area contributed by atoms with Crippen LogP contribution in [0.4, 0.5) is 0 Å². The molecule has 0 aliphatic heterocycles.